The van der Waals surface area contributed by atoms with Crippen LogP contribution in [0.25, 0.3) is 11.4 Å². The van der Waals surface area contributed by atoms with Crippen molar-refractivity contribution in [3.63, 3.8) is 0 Å². The van der Waals surface area contributed by atoms with Crippen LogP contribution in [0.1, 0.15) is 12.8 Å². The number of nitrogens with zero attached hydrogens (tertiary/aromatic N) is 2. The van der Waals surface area contributed by atoms with Crippen LogP contribution in [0, 0.1) is 0 Å². The number of hydrogen-bond donors (Lipinski definition) is 1. The number of carboxylic acids is 1. The monoisotopic (exact) mass is 340 g/mol. The number of carboxylic acid groups (broad SMARTS) is 1. The second-order valence-electron chi connectivity index (χ2n) is 4.87. The van der Waals surface area contributed by atoms with Crippen molar-refractivity contribution in [2.24, 2.45) is 0 Å². The third-order valence-corrected chi connectivity index (χ3v) is 5.24. The molecule has 10 heteroatoms. The predicted molar refractivity (Wildman–Crippen MR) is 75.6 cm³/mol. The summed E-state index contributed by atoms with van der Waals surface area (Å²) in [4.78, 5) is 14.8. The molecule has 0 saturated heterocycles. The number of benzene rings is 1. The second-order valence-corrected chi connectivity index (χ2v) is 7.19. The molecule has 0 fully saturated rings. The number of sulfone groups is 1. The van der Waals surface area contributed by atoms with Gasteiger partial charge in [0.1, 0.15) is 5.75 Å². The first-order chi connectivity index (χ1) is 10.9. The minimum Gasteiger partial charge on any atom is -0.480 e. The average molecular weight is 340 g/mol. The maximum atomic E-state index is 11.9. The normalized spacial score (nSPS) is 14.7. The van der Waals surface area contributed by atoms with Crippen LogP contribution < -0.4 is 9.47 Å². The summed E-state index contributed by atoms with van der Waals surface area (Å²) in [5.74, 6) is -0.947. The first kappa shape index (κ1) is 15.3. The van der Waals surface area contributed by atoms with E-state index >= 15 is 0 Å². The molecule has 3 rings (SSSR count). The molecule has 0 saturated carbocycles. The van der Waals surface area contributed by atoms with Crippen LogP contribution in [-0.2, 0) is 20.4 Å². The Kier molecular flexibility index (Phi) is 3.68. The maximum absolute atomic E-state index is 11.9. The van der Waals surface area contributed by atoms with E-state index in [-0.39, 0.29) is 18.5 Å². The van der Waals surface area contributed by atoms with E-state index in [9.17, 15) is 13.2 Å². The third kappa shape index (κ3) is 2.97. The summed E-state index contributed by atoms with van der Waals surface area (Å²) in [5, 5.41) is 11.0. The molecule has 9 nitrogen and oxygen atoms in total. The largest absolute Gasteiger partial charge is 0.480 e. The van der Waals surface area contributed by atoms with E-state index in [1.165, 1.54) is 0 Å². The fraction of sp³-hybridized carbons (Fsp3) is 0.308. The van der Waals surface area contributed by atoms with Crippen molar-refractivity contribution >= 4 is 15.8 Å². The number of fused-ring (bicyclic) bond motifs is 1. The van der Waals surface area contributed by atoms with Crippen molar-refractivity contribution in [1.29, 1.82) is 0 Å². The van der Waals surface area contributed by atoms with Gasteiger partial charge in [0.2, 0.25) is 18.5 Å². The summed E-state index contributed by atoms with van der Waals surface area (Å²) >= 11 is 0. The number of aliphatic carboxylic acids is 1. The van der Waals surface area contributed by atoms with Crippen LogP contribution >= 0.6 is 0 Å². The Labute approximate surface area is 130 Å². The van der Waals surface area contributed by atoms with Crippen LogP contribution in [0.2, 0.25) is 0 Å². The molecular weight excluding hydrogens is 328 g/mol. The molecule has 1 unspecified atom stereocenters. The number of rotatable bonds is 5. The van der Waals surface area contributed by atoms with Crippen LogP contribution in [0.15, 0.2) is 22.7 Å². The van der Waals surface area contributed by atoms with E-state index in [0.717, 1.165) is 6.92 Å². The highest BCUT2D eigenvalue weighted by Gasteiger charge is 2.30. The highest BCUT2D eigenvalue weighted by molar-refractivity contribution is 7.91. The fourth-order valence-corrected chi connectivity index (χ4v) is 2.94. The van der Waals surface area contributed by atoms with Gasteiger partial charge in [0.25, 0.3) is 0 Å². The Morgan fingerprint density at radius 3 is 2.83 bits per heavy atom. The predicted octanol–water partition coefficient (Wildman–Crippen LogP) is 0.853. The first-order valence-electron chi connectivity index (χ1n) is 6.54. The van der Waals surface area contributed by atoms with Gasteiger partial charge in [0.15, 0.2) is 26.6 Å². The topological polar surface area (TPSA) is 129 Å². The van der Waals surface area contributed by atoms with Gasteiger partial charge in [-0.15, -0.1) is 0 Å². The SMILES string of the molecule is CC(C(=O)O)S(=O)(=O)Cc1nc(-c2ccc3c(c2)OCO3)no1. The van der Waals surface area contributed by atoms with Crippen molar-refractivity contribution in [1.82, 2.24) is 10.1 Å². The fourth-order valence-electron chi connectivity index (χ4n) is 1.92. The van der Waals surface area contributed by atoms with E-state index in [2.05, 4.69) is 10.1 Å². The minimum absolute atomic E-state index is 0.127. The summed E-state index contributed by atoms with van der Waals surface area (Å²) in [7, 11) is -3.93. The van der Waals surface area contributed by atoms with E-state index in [1.54, 1.807) is 18.2 Å². The molecule has 0 radical (unpaired) electrons. The van der Waals surface area contributed by atoms with Crippen molar-refractivity contribution in [2.45, 2.75) is 17.9 Å². The molecule has 1 aliphatic heterocycles. The molecule has 2 heterocycles. The molecule has 23 heavy (non-hydrogen) atoms. The summed E-state index contributed by atoms with van der Waals surface area (Å²) in [6.07, 6.45) is 0. The Bertz CT molecular complexity index is 859. The van der Waals surface area contributed by atoms with Gasteiger partial charge in [-0.1, -0.05) is 5.16 Å². The summed E-state index contributed by atoms with van der Waals surface area (Å²) < 4.78 is 39.1. The first-order valence-corrected chi connectivity index (χ1v) is 8.25. The molecule has 2 aromatic rings. The third-order valence-electron chi connectivity index (χ3n) is 3.31. The number of ether oxygens (including phenoxy) is 2. The standard InChI is InChI=1S/C13H12N2O7S/c1-7(13(16)17)23(18,19)5-11-14-12(15-22-11)8-2-3-9-10(4-8)21-6-20-9/h2-4,7H,5-6H2,1H3,(H,16,17). The molecule has 0 amide bonds. The molecule has 122 valence electrons. The van der Waals surface area contributed by atoms with Gasteiger partial charge in [-0.25, -0.2) is 8.42 Å². The van der Waals surface area contributed by atoms with Crippen molar-refractivity contribution in [3.05, 3.63) is 24.1 Å². The minimum atomic E-state index is -3.93. The van der Waals surface area contributed by atoms with Crippen LogP contribution in [0.5, 0.6) is 11.5 Å². The van der Waals surface area contributed by atoms with Crippen LogP contribution in [-0.4, -0.2) is 41.7 Å². The molecular formula is C13H12N2O7S. The van der Waals surface area contributed by atoms with E-state index < -0.39 is 26.8 Å². The van der Waals surface area contributed by atoms with Gasteiger partial charge >= 0.3 is 5.97 Å². The van der Waals surface area contributed by atoms with E-state index in [4.69, 9.17) is 19.1 Å². The Hall–Kier alpha value is -2.62. The van der Waals surface area contributed by atoms with Gasteiger partial charge in [-0.3, -0.25) is 4.79 Å². The Morgan fingerprint density at radius 2 is 2.09 bits per heavy atom. The zero-order chi connectivity index (χ0) is 16.6. The van der Waals surface area contributed by atoms with Crippen molar-refractivity contribution in [2.75, 3.05) is 6.79 Å². The molecule has 1 aromatic carbocycles. The highest BCUT2D eigenvalue weighted by Crippen LogP contribution is 2.35. The average Bonchev–Trinajstić information content (AvgIpc) is 3.13. The lowest BCUT2D eigenvalue weighted by atomic mass is 10.2. The van der Waals surface area contributed by atoms with Gasteiger partial charge in [0, 0.05) is 5.56 Å². The molecule has 1 N–H and O–H groups in total. The second kappa shape index (κ2) is 5.54. The van der Waals surface area contributed by atoms with Crippen molar-refractivity contribution in [3.8, 4) is 22.9 Å². The smallest absolute Gasteiger partial charge is 0.321 e. The van der Waals surface area contributed by atoms with Crippen molar-refractivity contribution < 1.29 is 32.3 Å². The number of hydrogen-bond acceptors (Lipinski definition) is 8. The Balaban J connectivity index is 1.82. The Morgan fingerprint density at radius 1 is 1.35 bits per heavy atom. The van der Waals surface area contributed by atoms with Gasteiger partial charge < -0.3 is 19.1 Å². The quantitative estimate of drug-likeness (QED) is 0.842. The van der Waals surface area contributed by atoms with Gasteiger partial charge in [0.05, 0.1) is 0 Å². The molecule has 1 aromatic heterocycles. The van der Waals surface area contributed by atoms with E-state index in [0.29, 0.717) is 17.1 Å². The number of carbonyl (C=O) groups is 1. The lowest BCUT2D eigenvalue weighted by molar-refractivity contribution is -0.136. The number of aromatic nitrogens is 2. The molecule has 0 spiro atoms. The molecule has 1 atom stereocenters. The molecule has 0 aliphatic carbocycles. The highest BCUT2D eigenvalue weighted by atomic mass is 32.2. The molecule has 0 bridgehead atoms. The lowest BCUT2D eigenvalue weighted by Crippen LogP contribution is -2.28. The zero-order valence-electron chi connectivity index (χ0n) is 11.9. The van der Waals surface area contributed by atoms with Gasteiger partial charge in [-0.05, 0) is 25.1 Å². The lowest BCUT2D eigenvalue weighted by Gasteiger charge is -2.05. The zero-order valence-corrected chi connectivity index (χ0v) is 12.7. The molecule has 1 aliphatic rings. The van der Waals surface area contributed by atoms with Crippen LogP contribution in [0.3, 0.4) is 0 Å². The maximum Gasteiger partial charge on any atom is 0.321 e. The van der Waals surface area contributed by atoms with Gasteiger partial charge in [-0.2, -0.15) is 4.98 Å². The summed E-state index contributed by atoms with van der Waals surface area (Å²) in [5.41, 5.74) is 0.563. The summed E-state index contributed by atoms with van der Waals surface area (Å²) in [6.45, 7) is 1.22. The summed E-state index contributed by atoms with van der Waals surface area (Å²) in [6, 6.07) is 5.00. The van der Waals surface area contributed by atoms with Crippen LogP contribution in [0.4, 0.5) is 0 Å². The van der Waals surface area contributed by atoms with E-state index in [1.807, 2.05) is 0 Å².